The summed E-state index contributed by atoms with van der Waals surface area (Å²) in [4.78, 5) is 13.7. The Balaban J connectivity index is 1.46. The standard InChI is InChI=1S/C22H26N4O5/c1-3-30-25-19-15-8-9-26(20(15)24-11-23-19)21-17(28)16(27)18(31-21)22(2,29)14-7-6-12-4-5-13(12)10-14/h6-11,16-18,21,27-29H,3-5H2,1-2H3,(H,23,24,25)/t16-,17+,18+,21+,22+/m0/s1. The summed E-state index contributed by atoms with van der Waals surface area (Å²) in [6.45, 7) is 3.92. The molecule has 1 aliphatic heterocycles. The van der Waals surface area contributed by atoms with Gasteiger partial charge in [0.05, 0.1) is 12.0 Å². The molecule has 5 rings (SSSR count). The van der Waals surface area contributed by atoms with Crippen LogP contribution >= 0.6 is 0 Å². The smallest absolute Gasteiger partial charge is 0.164 e. The number of aliphatic hydroxyl groups excluding tert-OH is 2. The van der Waals surface area contributed by atoms with Crippen molar-refractivity contribution in [3.63, 3.8) is 0 Å². The van der Waals surface area contributed by atoms with Crippen molar-refractivity contribution in [3.8, 4) is 0 Å². The zero-order valence-corrected chi connectivity index (χ0v) is 17.4. The van der Waals surface area contributed by atoms with Crippen molar-refractivity contribution in [1.29, 1.82) is 0 Å². The number of nitrogens with one attached hydrogen (secondary N) is 1. The summed E-state index contributed by atoms with van der Waals surface area (Å²) >= 11 is 0. The van der Waals surface area contributed by atoms with E-state index in [2.05, 4.69) is 15.4 Å². The molecule has 5 atom stereocenters. The Labute approximate surface area is 179 Å². The second-order valence-corrected chi connectivity index (χ2v) is 8.28. The lowest BCUT2D eigenvalue weighted by Gasteiger charge is -2.33. The first-order valence-corrected chi connectivity index (χ1v) is 10.5. The number of rotatable bonds is 6. The number of hydrogen-bond donors (Lipinski definition) is 4. The van der Waals surface area contributed by atoms with Crippen molar-refractivity contribution in [2.45, 2.75) is 56.8 Å². The molecule has 9 nitrogen and oxygen atoms in total. The molecule has 3 aromatic rings. The molecule has 1 aliphatic carbocycles. The third-order valence-electron chi connectivity index (χ3n) is 6.34. The van der Waals surface area contributed by atoms with Gasteiger partial charge in [-0.1, -0.05) is 18.2 Å². The lowest BCUT2D eigenvalue weighted by Crippen LogP contribution is -2.45. The van der Waals surface area contributed by atoms with E-state index < -0.39 is 30.1 Å². The molecule has 2 aromatic heterocycles. The molecule has 0 amide bonds. The monoisotopic (exact) mass is 426 g/mol. The van der Waals surface area contributed by atoms with Crippen LogP contribution in [0, 0.1) is 0 Å². The molecule has 0 radical (unpaired) electrons. The minimum atomic E-state index is -1.49. The molecule has 3 heterocycles. The van der Waals surface area contributed by atoms with E-state index in [0.717, 1.165) is 12.8 Å². The first-order valence-electron chi connectivity index (χ1n) is 10.5. The number of aliphatic hydroxyl groups is 3. The number of benzene rings is 1. The van der Waals surface area contributed by atoms with Gasteiger partial charge in [0.25, 0.3) is 0 Å². The van der Waals surface area contributed by atoms with Crippen molar-refractivity contribution in [1.82, 2.24) is 14.5 Å². The Bertz CT molecular complexity index is 1110. The zero-order chi connectivity index (χ0) is 21.8. The molecule has 164 valence electrons. The van der Waals surface area contributed by atoms with Crippen molar-refractivity contribution in [3.05, 3.63) is 53.5 Å². The predicted octanol–water partition coefficient (Wildman–Crippen LogP) is 1.42. The molecule has 0 bridgehead atoms. The highest BCUT2D eigenvalue weighted by molar-refractivity contribution is 5.87. The van der Waals surface area contributed by atoms with Crippen molar-refractivity contribution < 1.29 is 24.9 Å². The molecule has 1 saturated heterocycles. The average molecular weight is 426 g/mol. The Morgan fingerprint density at radius 2 is 2.00 bits per heavy atom. The second kappa shape index (κ2) is 7.54. The third-order valence-corrected chi connectivity index (χ3v) is 6.34. The van der Waals surface area contributed by atoms with Crippen LogP contribution in [0.4, 0.5) is 5.82 Å². The molecular formula is C22H26N4O5. The largest absolute Gasteiger partial charge is 0.387 e. The van der Waals surface area contributed by atoms with Crippen molar-refractivity contribution >= 4 is 16.9 Å². The summed E-state index contributed by atoms with van der Waals surface area (Å²) in [6, 6.07) is 7.60. The highest BCUT2D eigenvalue weighted by atomic mass is 16.6. The van der Waals surface area contributed by atoms with Gasteiger partial charge in [0.2, 0.25) is 0 Å². The van der Waals surface area contributed by atoms with Crippen LogP contribution in [0.1, 0.15) is 36.8 Å². The molecule has 1 aromatic carbocycles. The van der Waals surface area contributed by atoms with Crippen LogP contribution in [0.15, 0.2) is 36.8 Å². The van der Waals surface area contributed by atoms with Crippen LogP contribution in [0.3, 0.4) is 0 Å². The topological polar surface area (TPSA) is 122 Å². The number of anilines is 1. The van der Waals surface area contributed by atoms with E-state index in [4.69, 9.17) is 9.57 Å². The van der Waals surface area contributed by atoms with Gasteiger partial charge in [-0.05, 0) is 49.4 Å². The SMILES string of the molecule is CCONc1ncnc2c1ccn2[C@@H]1O[C@@H]([C@](C)(O)c2ccc3c(c2)CC3)[C@@H](O)[C@H]1O. The molecule has 1 fully saturated rings. The summed E-state index contributed by atoms with van der Waals surface area (Å²) in [7, 11) is 0. The van der Waals surface area contributed by atoms with Crippen LogP contribution in [0.25, 0.3) is 11.0 Å². The van der Waals surface area contributed by atoms with E-state index in [0.29, 0.717) is 29.0 Å². The number of aryl methyl sites for hydroxylation is 2. The Morgan fingerprint density at radius 1 is 1.19 bits per heavy atom. The van der Waals surface area contributed by atoms with E-state index in [1.165, 1.54) is 17.5 Å². The minimum absolute atomic E-state index is 0.461. The molecule has 0 spiro atoms. The third kappa shape index (κ3) is 3.20. The zero-order valence-electron chi connectivity index (χ0n) is 17.4. The normalized spacial score (nSPS) is 27.0. The van der Waals surface area contributed by atoms with E-state index >= 15 is 0 Å². The highest BCUT2D eigenvalue weighted by Gasteiger charge is 2.52. The molecule has 4 N–H and O–H groups in total. The molecular weight excluding hydrogens is 400 g/mol. The summed E-state index contributed by atoms with van der Waals surface area (Å²) < 4.78 is 7.70. The van der Waals surface area contributed by atoms with Gasteiger partial charge in [0, 0.05) is 6.20 Å². The minimum Gasteiger partial charge on any atom is -0.387 e. The van der Waals surface area contributed by atoms with E-state index in [9.17, 15) is 15.3 Å². The van der Waals surface area contributed by atoms with E-state index in [1.54, 1.807) is 23.8 Å². The van der Waals surface area contributed by atoms with Crippen LogP contribution in [-0.2, 0) is 28.0 Å². The summed E-state index contributed by atoms with van der Waals surface area (Å²) in [6.07, 6.45) is 0.627. The average Bonchev–Trinajstić information content (AvgIpc) is 3.29. The highest BCUT2D eigenvalue weighted by Crippen LogP contribution is 2.41. The van der Waals surface area contributed by atoms with E-state index in [-0.39, 0.29) is 0 Å². The van der Waals surface area contributed by atoms with Gasteiger partial charge < -0.3 is 24.6 Å². The molecule has 31 heavy (non-hydrogen) atoms. The Kier molecular flexibility index (Phi) is 4.95. The number of nitrogens with zero attached hydrogens (tertiary/aromatic N) is 3. The van der Waals surface area contributed by atoms with Crippen molar-refractivity contribution in [2.75, 3.05) is 12.1 Å². The van der Waals surface area contributed by atoms with Gasteiger partial charge in [-0.2, -0.15) is 0 Å². The van der Waals surface area contributed by atoms with Crippen LogP contribution in [-0.4, -0.2) is 54.8 Å². The maximum atomic E-state index is 11.3. The maximum absolute atomic E-state index is 11.3. The number of hydrogen-bond acceptors (Lipinski definition) is 8. The van der Waals surface area contributed by atoms with Crippen molar-refractivity contribution in [2.24, 2.45) is 0 Å². The van der Waals surface area contributed by atoms with Gasteiger partial charge in [-0.3, -0.25) is 4.84 Å². The van der Waals surface area contributed by atoms with Gasteiger partial charge >= 0.3 is 0 Å². The number of ether oxygens (including phenoxy) is 1. The quantitative estimate of drug-likeness (QED) is 0.437. The lowest BCUT2D eigenvalue weighted by atomic mass is 9.81. The number of aromatic nitrogens is 3. The van der Waals surface area contributed by atoms with Gasteiger partial charge in [-0.15, -0.1) is 0 Å². The first-order chi connectivity index (χ1) is 14.9. The molecule has 0 unspecified atom stereocenters. The fraction of sp³-hybridized carbons (Fsp3) is 0.455. The first kappa shape index (κ1) is 20.3. The summed E-state index contributed by atoms with van der Waals surface area (Å²) in [5.41, 5.74) is 4.93. The Morgan fingerprint density at radius 3 is 2.71 bits per heavy atom. The van der Waals surface area contributed by atoms with Gasteiger partial charge in [-0.25, -0.2) is 15.4 Å². The summed E-state index contributed by atoms with van der Waals surface area (Å²) in [5, 5.41) is 33.6. The fourth-order valence-electron chi connectivity index (χ4n) is 4.43. The Hall–Kier alpha value is -2.56. The summed E-state index contributed by atoms with van der Waals surface area (Å²) in [5.74, 6) is 0.490. The second-order valence-electron chi connectivity index (χ2n) is 8.28. The molecule has 0 saturated carbocycles. The molecule has 9 heteroatoms. The van der Waals surface area contributed by atoms with Crippen LogP contribution < -0.4 is 5.48 Å². The van der Waals surface area contributed by atoms with Gasteiger partial charge in [0.15, 0.2) is 12.0 Å². The van der Waals surface area contributed by atoms with Gasteiger partial charge in [0.1, 0.15) is 35.9 Å². The number of fused-ring (bicyclic) bond motifs is 2. The lowest BCUT2D eigenvalue weighted by molar-refractivity contribution is -0.135. The molecule has 2 aliphatic rings. The maximum Gasteiger partial charge on any atom is 0.164 e. The van der Waals surface area contributed by atoms with E-state index in [1.807, 2.05) is 25.1 Å². The van der Waals surface area contributed by atoms with Crippen LogP contribution in [0.5, 0.6) is 0 Å². The van der Waals surface area contributed by atoms with Crippen LogP contribution in [0.2, 0.25) is 0 Å². The fourth-order valence-corrected chi connectivity index (χ4v) is 4.43. The predicted molar refractivity (Wildman–Crippen MR) is 112 cm³/mol.